The molecule has 0 saturated heterocycles. The van der Waals surface area contributed by atoms with Gasteiger partial charge in [0.25, 0.3) is 5.91 Å². The van der Waals surface area contributed by atoms with Crippen LogP contribution in [0.4, 0.5) is 0 Å². The van der Waals surface area contributed by atoms with E-state index in [-0.39, 0.29) is 5.91 Å². The number of amides is 1. The number of carbonyl (C=O) groups excluding carboxylic acids is 1. The molecule has 5 heteroatoms. The summed E-state index contributed by atoms with van der Waals surface area (Å²) in [5.74, 6) is -0.0535. The lowest BCUT2D eigenvalue weighted by atomic mass is 10.3. The SMILES string of the molecule is O=C(NCCCCI)c1cn[nH]c1. The molecule has 4 nitrogen and oxygen atoms in total. The summed E-state index contributed by atoms with van der Waals surface area (Å²) >= 11 is 2.33. The number of hydrogen-bond acceptors (Lipinski definition) is 2. The number of nitrogens with zero attached hydrogens (tertiary/aromatic N) is 1. The van der Waals surface area contributed by atoms with Gasteiger partial charge in [-0.1, -0.05) is 22.6 Å². The van der Waals surface area contributed by atoms with Gasteiger partial charge in [0.2, 0.25) is 0 Å². The molecule has 0 aliphatic heterocycles. The summed E-state index contributed by atoms with van der Waals surface area (Å²) in [5.41, 5.74) is 0.592. The fourth-order valence-corrected chi connectivity index (χ4v) is 1.44. The fraction of sp³-hybridized carbons (Fsp3) is 0.500. The first-order valence-corrected chi connectivity index (χ1v) is 5.70. The molecule has 1 heterocycles. The van der Waals surface area contributed by atoms with Crippen molar-refractivity contribution in [2.75, 3.05) is 11.0 Å². The Hall–Kier alpha value is -0.590. The highest BCUT2D eigenvalue weighted by molar-refractivity contribution is 14.1. The molecule has 0 bridgehead atoms. The minimum atomic E-state index is -0.0535. The van der Waals surface area contributed by atoms with Crippen molar-refractivity contribution in [3.63, 3.8) is 0 Å². The first-order valence-electron chi connectivity index (χ1n) is 4.17. The molecule has 0 aliphatic rings. The molecule has 0 radical (unpaired) electrons. The van der Waals surface area contributed by atoms with Gasteiger partial charge in [-0.25, -0.2) is 0 Å². The zero-order valence-corrected chi connectivity index (χ0v) is 9.37. The van der Waals surface area contributed by atoms with Crippen molar-refractivity contribution in [1.82, 2.24) is 15.5 Å². The third-order valence-corrected chi connectivity index (χ3v) is 2.37. The molecule has 0 atom stereocenters. The number of aromatic nitrogens is 2. The fourth-order valence-electron chi connectivity index (χ4n) is 0.899. The highest BCUT2D eigenvalue weighted by Crippen LogP contribution is 1.95. The first-order chi connectivity index (χ1) is 6.34. The number of alkyl halides is 1. The number of aromatic amines is 1. The van der Waals surface area contributed by atoms with E-state index in [1.165, 1.54) is 6.20 Å². The maximum Gasteiger partial charge on any atom is 0.254 e. The largest absolute Gasteiger partial charge is 0.352 e. The molecule has 2 N–H and O–H groups in total. The van der Waals surface area contributed by atoms with Gasteiger partial charge in [0.05, 0.1) is 11.8 Å². The lowest BCUT2D eigenvalue weighted by Gasteiger charge is -2.01. The van der Waals surface area contributed by atoms with Crippen LogP contribution in [0.3, 0.4) is 0 Å². The van der Waals surface area contributed by atoms with Gasteiger partial charge in [-0.05, 0) is 17.3 Å². The third kappa shape index (κ3) is 3.75. The van der Waals surface area contributed by atoms with Gasteiger partial charge in [0.1, 0.15) is 0 Å². The van der Waals surface area contributed by atoms with Crippen LogP contribution in [-0.2, 0) is 0 Å². The Morgan fingerprint density at radius 3 is 3.08 bits per heavy atom. The van der Waals surface area contributed by atoms with Crippen LogP contribution in [0.5, 0.6) is 0 Å². The van der Waals surface area contributed by atoms with E-state index in [4.69, 9.17) is 0 Å². The number of hydrogen-bond donors (Lipinski definition) is 2. The molecule has 13 heavy (non-hydrogen) atoms. The van der Waals surface area contributed by atoms with E-state index in [9.17, 15) is 4.79 Å². The average molecular weight is 293 g/mol. The van der Waals surface area contributed by atoms with Gasteiger partial charge >= 0.3 is 0 Å². The maximum atomic E-state index is 11.3. The Balaban J connectivity index is 2.19. The van der Waals surface area contributed by atoms with Crippen LogP contribution >= 0.6 is 22.6 Å². The Morgan fingerprint density at radius 1 is 1.62 bits per heavy atom. The monoisotopic (exact) mass is 293 g/mol. The second-order valence-electron chi connectivity index (χ2n) is 2.64. The van der Waals surface area contributed by atoms with E-state index in [0.717, 1.165) is 23.8 Å². The summed E-state index contributed by atoms with van der Waals surface area (Å²) in [6.45, 7) is 0.743. The molecule has 0 fully saturated rings. The van der Waals surface area contributed by atoms with Crippen molar-refractivity contribution in [3.05, 3.63) is 18.0 Å². The summed E-state index contributed by atoms with van der Waals surface area (Å²) in [4.78, 5) is 11.3. The first kappa shape index (κ1) is 10.5. The Kier molecular flexibility index (Phi) is 4.81. The Morgan fingerprint density at radius 2 is 2.46 bits per heavy atom. The zero-order chi connectivity index (χ0) is 9.52. The molecule has 1 aromatic rings. The van der Waals surface area contributed by atoms with Crippen LogP contribution in [-0.4, -0.2) is 27.1 Å². The molecule has 0 unspecified atom stereocenters. The van der Waals surface area contributed by atoms with E-state index in [2.05, 4.69) is 38.1 Å². The van der Waals surface area contributed by atoms with Gasteiger partial charge in [-0.15, -0.1) is 0 Å². The van der Waals surface area contributed by atoms with Crippen molar-refractivity contribution in [2.24, 2.45) is 0 Å². The van der Waals surface area contributed by atoms with Crippen molar-refractivity contribution in [2.45, 2.75) is 12.8 Å². The molecule has 1 amide bonds. The molecule has 0 aliphatic carbocycles. The van der Waals surface area contributed by atoms with Gasteiger partial charge in [0.15, 0.2) is 0 Å². The van der Waals surface area contributed by atoms with E-state index in [1.807, 2.05) is 0 Å². The standard InChI is InChI=1S/C8H12IN3O/c9-3-1-2-4-10-8(13)7-5-11-12-6-7/h5-6H,1-4H2,(H,10,13)(H,11,12). The van der Waals surface area contributed by atoms with Gasteiger partial charge in [-0.3, -0.25) is 9.89 Å². The number of halogens is 1. The van der Waals surface area contributed by atoms with Crippen LogP contribution in [0.15, 0.2) is 12.4 Å². The Labute approximate surface area is 90.6 Å². The van der Waals surface area contributed by atoms with Crippen molar-refractivity contribution >= 4 is 28.5 Å². The second-order valence-corrected chi connectivity index (χ2v) is 3.72. The van der Waals surface area contributed by atoms with E-state index in [1.54, 1.807) is 6.20 Å². The summed E-state index contributed by atoms with van der Waals surface area (Å²) in [6, 6.07) is 0. The summed E-state index contributed by atoms with van der Waals surface area (Å²) in [5, 5.41) is 9.12. The third-order valence-electron chi connectivity index (χ3n) is 1.61. The normalized spacial score (nSPS) is 9.92. The molecule has 0 saturated carbocycles. The molecule has 72 valence electrons. The number of H-pyrrole nitrogens is 1. The van der Waals surface area contributed by atoms with Gasteiger partial charge in [0, 0.05) is 12.7 Å². The van der Waals surface area contributed by atoms with E-state index < -0.39 is 0 Å². The van der Waals surface area contributed by atoms with Gasteiger partial charge < -0.3 is 5.32 Å². The van der Waals surface area contributed by atoms with Crippen LogP contribution < -0.4 is 5.32 Å². The number of unbranched alkanes of at least 4 members (excludes halogenated alkanes) is 1. The smallest absolute Gasteiger partial charge is 0.254 e. The quantitative estimate of drug-likeness (QED) is 0.489. The molecule has 1 rings (SSSR count). The van der Waals surface area contributed by atoms with Crippen LogP contribution in [0, 0.1) is 0 Å². The number of nitrogens with one attached hydrogen (secondary N) is 2. The molecule has 1 aromatic heterocycles. The summed E-state index contributed by atoms with van der Waals surface area (Å²) < 4.78 is 1.14. The number of rotatable bonds is 5. The zero-order valence-electron chi connectivity index (χ0n) is 7.22. The average Bonchev–Trinajstić information content (AvgIpc) is 2.65. The van der Waals surface area contributed by atoms with Crippen molar-refractivity contribution in [1.29, 1.82) is 0 Å². The van der Waals surface area contributed by atoms with Crippen LogP contribution in [0.1, 0.15) is 23.2 Å². The minimum Gasteiger partial charge on any atom is -0.352 e. The lowest BCUT2D eigenvalue weighted by Crippen LogP contribution is -2.23. The van der Waals surface area contributed by atoms with E-state index in [0.29, 0.717) is 5.56 Å². The minimum absolute atomic E-state index is 0.0535. The summed E-state index contributed by atoms with van der Waals surface area (Å²) in [6.07, 6.45) is 5.29. The molecule has 0 aromatic carbocycles. The molecular weight excluding hydrogens is 281 g/mol. The second kappa shape index (κ2) is 5.95. The van der Waals surface area contributed by atoms with Crippen LogP contribution in [0.2, 0.25) is 0 Å². The van der Waals surface area contributed by atoms with Crippen molar-refractivity contribution < 1.29 is 4.79 Å². The predicted molar refractivity (Wildman–Crippen MR) is 59.0 cm³/mol. The topological polar surface area (TPSA) is 57.8 Å². The molecule has 0 spiro atoms. The number of carbonyl (C=O) groups is 1. The lowest BCUT2D eigenvalue weighted by molar-refractivity contribution is 0.0953. The van der Waals surface area contributed by atoms with Gasteiger partial charge in [-0.2, -0.15) is 5.10 Å². The predicted octanol–water partition coefficient (Wildman–Crippen LogP) is 1.35. The van der Waals surface area contributed by atoms with E-state index >= 15 is 0 Å². The Bertz CT molecular complexity index is 248. The maximum absolute atomic E-state index is 11.3. The van der Waals surface area contributed by atoms with Crippen molar-refractivity contribution in [3.8, 4) is 0 Å². The molecular formula is C8H12IN3O. The highest BCUT2D eigenvalue weighted by atomic mass is 127. The highest BCUT2D eigenvalue weighted by Gasteiger charge is 2.04. The summed E-state index contributed by atoms with van der Waals surface area (Å²) in [7, 11) is 0. The van der Waals surface area contributed by atoms with Crippen LogP contribution in [0.25, 0.3) is 0 Å².